The molecule has 0 fully saturated rings. The molecule has 0 spiro atoms. The lowest BCUT2D eigenvalue weighted by Gasteiger charge is -2.40. The molecule has 0 unspecified atom stereocenters. The highest BCUT2D eigenvalue weighted by atomic mass is 19.1. The first-order chi connectivity index (χ1) is 23.2. The predicted octanol–water partition coefficient (Wildman–Crippen LogP) is 12.1. The van der Waals surface area contributed by atoms with Crippen LogP contribution in [0.4, 0.5) is 38.5 Å². The fourth-order valence-corrected chi connectivity index (χ4v) is 6.92. The summed E-state index contributed by atoms with van der Waals surface area (Å²) >= 11 is 0. The van der Waals surface area contributed by atoms with Crippen LogP contribution in [0, 0.1) is 5.82 Å². The first-order valence-corrected chi connectivity index (χ1v) is 15.8. The SMILES string of the molecule is Fc1ccc(-c2cc(-c3cccc4ccccc34)c3cccc(N4c5ccccc5N(c5ccccc5)c5ccccc54)c3n2)cc1. The van der Waals surface area contributed by atoms with Crippen molar-refractivity contribution in [3.8, 4) is 22.4 Å². The Hall–Kier alpha value is -6.26. The van der Waals surface area contributed by atoms with E-state index in [2.05, 4.69) is 149 Å². The lowest BCUT2D eigenvalue weighted by molar-refractivity contribution is 0.628. The third kappa shape index (κ3) is 4.45. The van der Waals surface area contributed by atoms with Gasteiger partial charge in [-0.3, -0.25) is 0 Å². The molecule has 0 aliphatic carbocycles. The van der Waals surface area contributed by atoms with Crippen molar-refractivity contribution in [3.05, 3.63) is 176 Å². The maximum atomic E-state index is 14.1. The van der Waals surface area contributed by atoms with Crippen LogP contribution in [-0.2, 0) is 0 Å². The largest absolute Gasteiger partial charge is 0.306 e. The van der Waals surface area contributed by atoms with E-state index in [0.717, 1.165) is 67.4 Å². The maximum Gasteiger partial charge on any atom is 0.123 e. The van der Waals surface area contributed by atoms with Crippen LogP contribution < -0.4 is 9.80 Å². The van der Waals surface area contributed by atoms with Gasteiger partial charge >= 0.3 is 0 Å². The van der Waals surface area contributed by atoms with Crippen LogP contribution in [0.1, 0.15) is 0 Å². The van der Waals surface area contributed by atoms with Crippen molar-refractivity contribution < 1.29 is 4.39 Å². The van der Waals surface area contributed by atoms with E-state index >= 15 is 0 Å². The van der Waals surface area contributed by atoms with Gasteiger partial charge in [0.2, 0.25) is 0 Å². The summed E-state index contributed by atoms with van der Waals surface area (Å²) in [7, 11) is 0. The smallest absolute Gasteiger partial charge is 0.123 e. The van der Waals surface area contributed by atoms with Crippen LogP contribution in [0.25, 0.3) is 44.1 Å². The molecule has 0 amide bonds. The molecule has 47 heavy (non-hydrogen) atoms. The summed E-state index contributed by atoms with van der Waals surface area (Å²) in [6.07, 6.45) is 0. The first kappa shape index (κ1) is 27.1. The molecule has 0 radical (unpaired) electrons. The van der Waals surface area contributed by atoms with Gasteiger partial charge in [0.15, 0.2) is 0 Å². The predicted molar refractivity (Wildman–Crippen MR) is 193 cm³/mol. The topological polar surface area (TPSA) is 19.4 Å². The van der Waals surface area contributed by atoms with E-state index in [1.54, 1.807) is 0 Å². The van der Waals surface area contributed by atoms with Crippen molar-refractivity contribution in [2.75, 3.05) is 9.80 Å². The molecule has 0 atom stereocenters. The molecular weight excluding hydrogens is 577 g/mol. The van der Waals surface area contributed by atoms with Crippen molar-refractivity contribution in [1.29, 1.82) is 0 Å². The fourth-order valence-electron chi connectivity index (χ4n) is 6.92. The molecule has 0 bridgehead atoms. The van der Waals surface area contributed by atoms with E-state index in [9.17, 15) is 4.39 Å². The Morgan fingerprint density at radius 1 is 0.426 bits per heavy atom. The van der Waals surface area contributed by atoms with Gasteiger partial charge < -0.3 is 9.80 Å². The maximum absolute atomic E-state index is 14.1. The molecule has 0 saturated carbocycles. The minimum Gasteiger partial charge on any atom is -0.306 e. The molecule has 4 heteroatoms. The Kier molecular flexibility index (Phi) is 6.32. The zero-order chi connectivity index (χ0) is 31.3. The Labute approximate surface area is 272 Å². The van der Waals surface area contributed by atoms with E-state index < -0.39 is 0 Å². The average Bonchev–Trinajstić information content (AvgIpc) is 3.13. The first-order valence-electron chi connectivity index (χ1n) is 15.8. The van der Waals surface area contributed by atoms with Gasteiger partial charge in [0.05, 0.1) is 39.6 Å². The van der Waals surface area contributed by atoms with E-state index in [1.807, 2.05) is 18.2 Å². The molecule has 1 aromatic heterocycles. The summed E-state index contributed by atoms with van der Waals surface area (Å²) in [6, 6.07) is 57.7. The molecule has 7 aromatic carbocycles. The van der Waals surface area contributed by atoms with E-state index in [4.69, 9.17) is 4.98 Å². The van der Waals surface area contributed by atoms with Crippen LogP contribution in [0.3, 0.4) is 0 Å². The van der Waals surface area contributed by atoms with E-state index in [-0.39, 0.29) is 5.82 Å². The Bertz CT molecular complexity index is 2380. The lowest BCUT2D eigenvalue weighted by atomic mass is 9.93. The number of fused-ring (bicyclic) bond motifs is 4. The van der Waals surface area contributed by atoms with Crippen molar-refractivity contribution in [1.82, 2.24) is 4.98 Å². The number of nitrogens with zero attached hydrogens (tertiary/aromatic N) is 3. The Morgan fingerprint density at radius 3 is 1.70 bits per heavy atom. The Morgan fingerprint density at radius 2 is 0.979 bits per heavy atom. The zero-order valence-electron chi connectivity index (χ0n) is 25.4. The normalized spacial score (nSPS) is 12.3. The number of pyridine rings is 1. The minimum absolute atomic E-state index is 0.269. The second kappa shape index (κ2) is 11.0. The molecule has 2 heterocycles. The van der Waals surface area contributed by atoms with Gasteiger partial charge in [0.1, 0.15) is 5.82 Å². The van der Waals surface area contributed by atoms with Gasteiger partial charge in [0, 0.05) is 16.6 Å². The van der Waals surface area contributed by atoms with Crippen LogP contribution >= 0.6 is 0 Å². The highest BCUT2D eigenvalue weighted by molar-refractivity contribution is 6.11. The summed E-state index contributed by atoms with van der Waals surface area (Å²) in [5.74, 6) is -0.269. The molecule has 1 aliphatic rings. The van der Waals surface area contributed by atoms with E-state index in [1.165, 1.54) is 22.9 Å². The van der Waals surface area contributed by atoms with Gasteiger partial charge in [-0.15, -0.1) is 0 Å². The average molecular weight is 606 g/mol. The molecule has 0 N–H and O–H groups in total. The highest BCUT2D eigenvalue weighted by Gasteiger charge is 2.31. The van der Waals surface area contributed by atoms with Gasteiger partial charge in [-0.05, 0) is 94.7 Å². The number of anilines is 6. The van der Waals surface area contributed by atoms with Crippen LogP contribution in [0.5, 0.6) is 0 Å². The third-order valence-corrected chi connectivity index (χ3v) is 9.02. The molecule has 1 aliphatic heterocycles. The van der Waals surface area contributed by atoms with Gasteiger partial charge in [-0.2, -0.15) is 0 Å². The second-order valence-corrected chi connectivity index (χ2v) is 11.7. The number of aromatic nitrogens is 1. The molecule has 9 rings (SSSR count). The lowest BCUT2D eigenvalue weighted by Crippen LogP contribution is -2.24. The number of hydrogen-bond acceptors (Lipinski definition) is 3. The van der Waals surface area contributed by atoms with Crippen molar-refractivity contribution in [2.24, 2.45) is 0 Å². The molecular formula is C43H28FN3. The monoisotopic (exact) mass is 605 g/mol. The fraction of sp³-hybridized carbons (Fsp3) is 0. The molecule has 222 valence electrons. The number of hydrogen-bond donors (Lipinski definition) is 0. The van der Waals surface area contributed by atoms with Crippen LogP contribution in [0.2, 0.25) is 0 Å². The number of para-hydroxylation sites is 6. The summed E-state index contributed by atoms with van der Waals surface area (Å²) < 4.78 is 14.1. The van der Waals surface area contributed by atoms with Gasteiger partial charge in [-0.25, -0.2) is 9.37 Å². The minimum atomic E-state index is -0.269. The van der Waals surface area contributed by atoms with Crippen LogP contribution in [0.15, 0.2) is 170 Å². The van der Waals surface area contributed by atoms with E-state index in [0.29, 0.717) is 0 Å². The van der Waals surface area contributed by atoms with Crippen molar-refractivity contribution in [2.45, 2.75) is 0 Å². The summed E-state index contributed by atoms with van der Waals surface area (Å²) in [5, 5.41) is 3.39. The molecule has 0 saturated heterocycles. The number of rotatable bonds is 4. The summed E-state index contributed by atoms with van der Waals surface area (Å²) in [4.78, 5) is 10.0. The van der Waals surface area contributed by atoms with Gasteiger partial charge in [-0.1, -0.05) is 97.1 Å². The number of halogens is 1. The quantitative estimate of drug-likeness (QED) is 0.199. The second-order valence-electron chi connectivity index (χ2n) is 11.7. The molecule has 8 aromatic rings. The van der Waals surface area contributed by atoms with Gasteiger partial charge in [0.25, 0.3) is 0 Å². The highest BCUT2D eigenvalue weighted by Crippen LogP contribution is 2.55. The van der Waals surface area contributed by atoms with Crippen molar-refractivity contribution >= 4 is 55.8 Å². The van der Waals surface area contributed by atoms with Crippen LogP contribution in [-0.4, -0.2) is 4.98 Å². The van der Waals surface area contributed by atoms with Crippen molar-refractivity contribution in [3.63, 3.8) is 0 Å². The standard InChI is InChI=1S/C43H28FN3/c44-31-26-24-30(25-27-31)37-28-36(34-17-10-13-29-12-4-5-16-33(29)34)35-18-11-23-42(43(35)45-37)47-40-21-8-6-19-38(40)46(32-14-2-1-3-15-32)39-20-7-9-22-41(39)47/h1-28H. The Balaban J connectivity index is 1.35. The number of benzene rings is 7. The summed E-state index contributed by atoms with van der Waals surface area (Å²) in [6.45, 7) is 0. The summed E-state index contributed by atoms with van der Waals surface area (Å²) in [5.41, 5.74) is 11.1. The third-order valence-electron chi connectivity index (χ3n) is 9.02. The molecule has 3 nitrogen and oxygen atoms in total. The zero-order valence-corrected chi connectivity index (χ0v) is 25.4.